The molecule has 17 heavy (non-hydrogen) atoms. The number of nitrogens with two attached hydrogens (primary N) is 1. The Morgan fingerprint density at radius 3 is 2.24 bits per heavy atom. The third kappa shape index (κ3) is 6.07. The molecule has 0 atom stereocenters. The van der Waals surface area contributed by atoms with Crippen LogP contribution < -0.4 is 5.73 Å². The largest absolute Gasteiger partial charge is 0.384 e. The fourth-order valence-electron chi connectivity index (χ4n) is 1.01. The van der Waals surface area contributed by atoms with E-state index in [0.717, 1.165) is 10.6 Å². The highest BCUT2D eigenvalue weighted by atomic mass is 32.1. The molecule has 0 spiro atoms. The maximum Gasteiger partial charge on any atom is 0.124 e. The van der Waals surface area contributed by atoms with E-state index in [0.29, 0.717) is 5.82 Å². The van der Waals surface area contributed by atoms with Crippen LogP contribution >= 0.6 is 11.3 Å². The summed E-state index contributed by atoms with van der Waals surface area (Å²) < 4.78 is 0. The molecule has 94 valence electrons. The molecular weight excluding hydrogens is 228 g/mol. The maximum atomic E-state index is 5.56. The fourth-order valence-corrected chi connectivity index (χ4v) is 1.71. The van der Waals surface area contributed by atoms with Crippen LogP contribution in [0.15, 0.2) is 35.7 Å². The van der Waals surface area contributed by atoms with E-state index >= 15 is 0 Å². The Morgan fingerprint density at radius 2 is 1.76 bits per heavy atom. The van der Waals surface area contributed by atoms with Crippen LogP contribution in [0.1, 0.15) is 34.1 Å². The van der Waals surface area contributed by atoms with Gasteiger partial charge in [0.05, 0.1) is 10.6 Å². The Morgan fingerprint density at radius 1 is 1.12 bits per heavy atom. The fraction of sp³-hybridized carbons (Fsp3) is 0.357. The predicted octanol–water partition coefficient (Wildman–Crippen LogP) is 4.83. The van der Waals surface area contributed by atoms with E-state index < -0.39 is 0 Å². The summed E-state index contributed by atoms with van der Waals surface area (Å²) in [7, 11) is 0. The van der Waals surface area contributed by atoms with E-state index in [1.54, 1.807) is 17.4 Å². The molecule has 2 nitrogen and oxygen atoms in total. The molecule has 0 unspecified atom stereocenters. The van der Waals surface area contributed by atoms with Gasteiger partial charge in [0.2, 0.25) is 0 Å². The number of thiophene rings is 1. The second-order valence-corrected chi connectivity index (χ2v) is 4.08. The molecule has 0 fully saturated rings. The minimum atomic E-state index is 0.570. The van der Waals surface area contributed by atoms with Gasteiger partial charge in [0.15, 0.2) is 0 Å². The molecule has 0 aliphatic rings. The van der Waals surface area contributed by atoms with E-state index in [2.05, 4.69) is 18.8 Å². The third-order valence-electron chi connectivity index (χ3n) is 1.54. The van der Waals surface area contributed by atoms with Crippen LogP contribution in [0, 0.1) is 0 Å². The third-order valence-corrected chi connectivity index (χ3v) is 2.44. The number of nitrogens with zero attached hydrogens (tertiary/aromatic N) is 1. The van der Waals surface area contributed by atoms with E-state index in [4.69, 9.17) is 5.73 Å². The highest BCUT2D eigenvalue weighted by molar-refractivity contribution is 7.13. The zero-order valence-electron chi connectivity index (χ0n) is 11.1. The minimum Gasteiger partial charge on any atom is -0.384 e. The van der Waals surface area contributed by atoms with Crippen molar-refractivity contribution in [2.24, 2.45) is 0 Å². The summed E-state index contributed by atoms with van der Waals surface area (Å²) in [5.74, 6) is 0.570. The van der Waals surface area contributed by atoms with Crippen molar-refractivity contribution in [3.63, 3.8) is 0 Å². The Labute approximate surface area is 109 Å². The molecule has 0 bridgehead atoms. The Kier molecular flexibility index (Phi) is 9.06. The second kappa shape index (κ2) is 9.85. The molecule has 0 saturated carbocycles. The number of pyridine rings is 1. The van der Waals surface area contributed by atoms with Gasteiger partial charge < -0.3 is 5.73 Å². The van der Waals surface area contributed by atoms with Crippen LogP contribution in [-0.4, -0.2) is 4.98 Å². The number of hydrogen-bond donors (Lipinski definition) is 1. The van der Waals surface area contributed by atoms with Gasteiger partial charge in [0.25, 0.3) is 0 Å². The minimum absolute atomic E-state index is 0.570. The van der Waals surface area contributed by atoms with E-state index in [1.807, 2.05) is 43.5 Å². The van der Waals surface area contributed by atoms with Crippen LogP contribution in [0.25, 0.3) is 10.6 Å². The second-order valence-electron chi connectivity index (χ2n) is 3.13. The van der Waals surface area contributed by atoms with Gasteiger partial charge in [0, 0.05) is 0 Å². The molecular formula is C14H22N2S. The summed E-state index contributed by atoms with van der Waals surface area (Å²) in [6.45, 7) is 8.25. The lowest BCUT2D eigenvalue weighted by Crippen LogP contribution is -1.89. The van der Waals surface area contributed by atoms with Gasteiger partial charge in [-0.1, -0.05) is 46.2 Å². The molecule has 0 aromatic carbocycles. The monoisotopic (exact) mass is 250 g/mol. The van der Waals surface area contributed by atoms with Crippen molar-refractivity contribution in [2.75, 3.05) is 5.73 Å². The molecule has 2 N–H and O–H groups in total. The van der Waals surface area contributed by atoms with Gasteiger partial charge >= 0.3 is 0 Å². The Balaban J connectivity index is 0.000000450. The highest BCUT2D eigenvalue weighted by Crippen LogP contribution is 2.22. The molecule has 2 heterocycles. The summed E-state index contributed by atoms with van der Waals surface area (Å²) in [6.07, 6.45) is 1.25. The molecule has 0 saturated heterocycles. The SMILES string of the molecule is CC.CCC.Nc1cccc(-c2cccs2)n1. The molecule has 0 aliphatic heterocycles. The first-order valence-electron chi connectivity index (χ1n) is 6.04. The average Bonchev–Trinajstić information content (AvgIpc) is 2.86. The first-order valence-corrected chi connectivity index (χ1v) is 6.92. The number of rotatable bonds is 1. The summed E-state index contributed by atoms with van der Waals surface area (Å²) >= 11 is 1.67. The van der Waals surface area contributed by atoms with Gasteiger partial charge in [-0.2, -0.15) is 0 Å². The lowest BCUT2D eigenvalue weighted by Gasteiger charge is -1.96. The lowest BCUT2D eigenvalue weighted by molar-refractivity contribution is 1.09. The molecule has 2 rings (SSSR count). The summed E-state index contributed by atoms with van der Waals surface area (Å²) in [5, 5.41) is 2.03. The zero-order valence-corrected chi connectivity index (χ0v) is 11.9. The van der Waals surface area contributed by atoms with Crippen LogP contribution in [0.3, 0.4) is 0 Å². The first kappa shape index (κ1) is 15.7. The number of anilines is 1. The summed E-state index contributed by atoms with van der Waals surface area (Å²) in [6, 6.07) is 9.70. The number of aromatic nitrogens is 1. The highest BCUT2D eigenvalue weighted by Gasteiger charge is 1.98. The molecule has 0 amide bonds. The quantitative estimate of drug-likeness (QED) is 0.787. The van der Waals surface area contributed by atoms with Gasteiger partial charge in [-0.15, -0.1) is 11.3 Å². The molecule has 2 aromatic rings. The van der Waals surface area contributed by atoms with Gasteiger partial charge in [-0.3, -0.25) is 0 Å². The summed E-state index contributed by atoms with van der Waals surface area (Å²) in [5.41, 5.74) is 6.51. The summed E-state index contributed by atoms with van der Waals surface area (Å²) in [4.78, 5) is 5.36. The van der Waals surface area contributed by atoms with Crippen LogP contribution in [0.2, 0.25) is 0 Å². The number of hydrogen-bond acceptors (Lipinski definition) is 3. The van der Waals surface area contributed by atoms with Crippen molar-refractivity contribution in [3.8, 4) is 10.6 Å². The molecule has 0 radical (unpaired) electrons. The van der Waals surface area contributed by atoms with Crippen LogP contribution in [0.4, 0.5) is 5.82 Å². The van der Waals surface area contributed by atoms with Crippen molar-refractivity contribution in [3.05, 3.63) is 35.7 Å². The van der Waals surface area contributed by atoms with Gasteiger partial charge in [-0.25, -0.2) is 4.98 Å². The number of nitrogen functional groups attached to an aromatic ring is 1. The van der Waals surface area contributed by atoms with Crippen molar-refractivity contribution >= 4 is 17.2 Å². The average molecular weight is 250 g/mol. The van der Waals surface area contributed by atoms with Crippen molar-refractivity contribution in [2.45, 2.75) is 34.1 Å². The van der Waals surface area contributed by atoms with Crippen molar-refractivity contribution < 1.29 is 0 Å². The van der Waals surface area contributed by atoms with Crippen molar-refractivity contribution in [1.82, 2.24) is 4.98 Å². The molecule has 3 heteroatoms. The lowest BCUT2D eigenvalue weighted by atomic mass is 10.3. The van der Waals surface area contributed by atoms with E-state index in [9.17, 15) is 0 Å². The predicted molar refractivity (Wildman–Crippen MR) is 79.3 cm³/mol. The van der Waals surface area contributed by atoms with E-state index in [1.165, 1.54) is 6.42 Å². The molecule has 0 aliphatic carbocycles. The van der Waals surface area contributed by atoms with Gasteiger partial charge in [-0.05, 0) is 23.6 Å². The first-order chi connectivity index (χ1) is 8.27. The maximum absolute atomic E-state index is 5.56. The Bertz CT molecular complexity index is 383. The van der Waals surface area contributed by atoms with Crippen LogP contribution in [0.5, 0.6) is 0 Å². The van der Waals surface area contributed by atoms with Crippen LogP contribution in [-0.2, 0) is 0 Å². The topological polar surface area (TPSA) is 38.9 Å². The molecule has 2 aromatic heterocycles. The Hall–Kier alpha value is -1.35. The zero-order chi connectivity index (χ0) is 13.1. The normalized spacial score (nSPS) is 8.47. The van der Waals surface area contributed by atoms with E-state index in [-0.39, 0.29) is 0 Å². The standard InChI is InChI=1S/C9H8N2S.C3H8.C2H6/c10-9-5-1-3-7(11-9)8-4-2-6-12-8;1-3-2;1-2/h1-6H,(H2,10,11);3H2,1-2H3;1-2H3. The van der Waals surface area contributed by atoms with Gasteiger partial charge in [0.1, 0.15) is 5.82 Å². The smallest absolute Gasteiger partial charge is 0.124 e. The van der Waals surface area contributed by atoms with Crippen molar-refractivity contribution in [1.29, 1.82) is 0 Å².